The Morgan fingerprint density at radius 1 is 1.33 bits per heavy atom. The van der Waals surface area contributed by atoms with Crippen molar-refractivity contribution in [3.63, 3.8) is 0 Å². The molecule has 0 unspecified atom stereocenters. The topological polar surface area (TPSA) is 40.5 Å². The Balaban J connectivity index is 1.74. The summed E-state index contributed by atoms with van der Waals surface area (Å²) in [6, 6.07) is 10.1. The number of fused-ring (bicyclic) bond motifs is 1. The number of hydrogen-bond acceptors (Lipinski definition) is 3. The first kappa shape index (κ1) is 14.5. The van der Waals surface area contributed by atoms with Gasteiger partial charge in [-0.3, -0.25) is 4.79 Å². The van der Waals surface area contributed by atoms with Gasteiger partial charge < -0.3 is 10.0 Å². The number of likely N-dealkylation sites (tertiary alicyclic amines) is 1. The number of aliphatic hydroxyl groups excluding tert-OH is 1. The normalized spacial score (nSPS) is 18.1. The summed E-state index contributed by atoms with van der Waals surface area (Å²) in [7, 11) is 0. The van der Waals surface area contributed by atoms with E-state index in [4.69, 9.17) is 0 Å². The molecule has 2 heterocycles. The van der Waals surface area contributed by atoms with Crippen LogP contribution in [0.15, 0.2) is 30.3 Å². The molecule has 0 radical (unpaired) electrons. The third kappa shape index (κ3) is 2.70. The van der Waals surface area contributed by atoms with Crippen LogP contribution in [0.4, 0.5) is 0 Å². The largest absolute Gasteiger partial charge is 0.396 e. The number of thiophene rings is 1. The summed E-state index contributed by atoms with van der Waals surface area (Å²) in [5, 5.41) is 10.7. The van der Waals surface area contributed by atoms with Crippen molar-refractivity contribution >= 4 is 27.3 Å². The highest BCUT2D eigenvalue weighted by molar-refractivity contribution is 7.20. The van der Waals surface area contributed by atoms with Crippen molar-refractivity contribution in [3.05, 3.63) is 35.2 Å². The molecule has 0 atom stereocenters. The van der Waals surface area contributed by atoms with E-state index in [1.54, 1.807) is 11.3 Å². The molecule has 2 aromatic rings. The maximum absolute atomic E-state index is 12.6. The van der Waals surface area contributed by atoms with E-state index in [1.165, 1.54) is 0 Å². The Bertz CT molecular complexity index is 602. The van der Waals surface area contributed by atoms with E-state index in [9.17, 15) is 9.90 Å². The molecule has 21 heavy (non-hydrogen) atoms. The summed E-state index contributed by atoms with van der Waals surface area (Å²) in [5.41, 5.74) is 0.0247. The van der Waals surface area contributed by atoms with Crippen LogP contribution in [0.3, 0.4) is 0 Å². The van der Waals surface area contributed by atoms with Crippen molar-refractivity contribution in [2.24, 2.45) is 5.41 Å². The summed E-state index contributed by atoms with van der Waals surface area (Å²) >= 11 is 1.57. The average molecular weight is 303 g/mol. The number of carbonyl (C=O) groups is 1. The third-order valence-electron chi connectivity index (χ3n) is 4.83. The number of aliphatic hydroxyl groups is 1. The molecule has 1 aromatic heterocycles. The van der Waals surface area contributed by atoms with E-state index in [-0.39, 0.29) is 17.9 Å². The summed E-state index contributed by atoms with van der Waals surface area (Å²) in [6.45, 7) is 3.86. The zero-order valence-electron chi connectivity index (χ0n) is 12.3. The van der Waals surface area contributed by atoms with Crippen LogP contribution in [-0.4, -0.2) is 35.6 Å². The van der Waals surface area contributed by atoms with Gasteiger partial charge in [-0.2, -0.15) is 0 Å². The second-order valence-corrected chi connectivity index (χ2v) is 7.04. The van der Waals surface area contributed by atoms with Crippen molar-refractivity contribution in [2.75, 3.05) is 19.7 Å². The van der Waals surface area contributed by atoms with Crippen LogP contribution < -0.4 is 0 Å². The highest BCUT2D eigenvalue weighted by Crippen LogP contribution is 2.35. The third-order valence-corrected chi connectivity index (χ3v) is 5.94. The van der Waals surface area contributed by atoms with Crippen LogP contribution in [0, 0.1) is 5.41 Å². The van der Waals surface area contributed by atoms with E-state index >= 15 is 0 Å². The number of rotatable bonds is 3. The van der Waals surface area contributed by atoms with Crippen molar-refractivity contribution < 1.29 is 9.90 Å². The molecule has 0 bridgehead atoms. The maximum Gasteiger partial charge on any atom is 0.263 e. The second kappa shape index (κ2) is 5.78. The van der Waals surface area contributed by atoms with Crippen LogP contribution in [0.5, 0.6) is 0 Å². The Labute approximate surface area is 129 Å². The molecule has 1 aromatic carbocycles. The van der Waals surface area contributed by atoms with Crippen LogP contribution in [-0.2, 0) is 0 Å². The minimum Gasteiger partial charge on any atom is -0.396 e. The molecular formula is C17H21NO2S. The first-order chi connectivity index (χ1) is 10.2. The van der Waals surface area contributed by atoms with Gasteiger partial charge in [0.15, 0.2) is 0 Å². The molecule has 0 saturated carbocycles. The molecule has 1 amide bonds. The molecule has 1 aliphatic heterocycles. The van der Waals surface area contributed by atoms with Crippen molar-refractivity contribution in [1.29, 1.82) is 0 Å². The number of hydrogen-bond donors (Lipinski definition) is 1. The maximum atomic E-state index is 12.6. The zero-order valence-corrected chi connectivity index (χ0v) is 13.2. The molecule has 112 valence electrons. The van der Waals surface area contributed by atoms with E-state index in [1.807, 2.05) is 29.2 Å². The Morgan fingerprint density at radius 2 is 2.05 bits per heavy atom. The molecule has 1 fully saturated rings. The van der Waals surface area contributed by atoms with Gasteiger partial charge in [0.25, 0.3) is 5.91 Å². The number of benzene rings is 1. The van der Waals surface area contributed by atoms with Crippen LogP contribution in [0.25, 0.3) is 10.1 Å². The quantitative estimate of drug-likeness (QED) is 0.942. The van der Waals surface area contributed by atoms with Crippen molar-refractivity contribution in [2.45, 2.75) is 26.2 Å². The second-order valence-electron chi connectivity index (χ2n) is 5.95. The van der Waals surface area contributed by atoms with Gasteiger partial charge in [-0.05, 0) is 42.2 Å². The SMILES string of the molecule is CCC1(CO)CCN(C(=O)c2cc3ccccc3s2)CC1. The lowest BCUT2D eigenvalue weighted by atomic mass is 9.77. The van der Waals surface area contributed by atoms with Gasteiger partial charge in [-0.25, -0.2) is 0 Å². The molecule has 0 spiro atoms. The number of piperidine rings is 1. The molecule has 3 rings (SSSR count). The summed E-state index contributed by atoms with van der Waals surface area (Å²) in [5.74, 6) is 0.138. The monoisotopic (exact) mass is 303 g/mol. The van der Waals surface area contributed by atoms with Gasteiger partial charge in [0.05, 0.1) is 4.88 Å². The molecule has 1 aliphatic rings. The van der Waals surface area contributed by atoms with Crippen LogP contribution >= 0.6 is 11.3 Å². The molecule has 1 N–H and O–H groups in total. The fourth-order valence-electron chi connectivity index (χ4n) is 3.05. The Hall–Kier alpha value is -1.39. The van der Waals surface area contributed by atoms with Crippen LogP contribution in [0.2, 0.25) is 0 Å². The standard InChI is InChI=1S/C17H21NO2S/c1-2-17(12-19)7-9-18(10-8-17)16(20)15-11-13-5-3-4-6-14(13)21-15/h3-6,11,19H,2,7-10,12H2,1H3. The first-order valence-electron chi connectivity index (χ1n) is 7.56. The number of nitrogens with zero attached hydrogens (tertiary/aromatic N) is 1. The van der Waals surface area contributed by atoms with Gasteiger partial charge >= 0.3 is 0 Å². The predicted octanol–water partition coefficient (Wildman–Crippen LogP) is 3.53. The first-order valence-corrected chi connectivity index (χ1v) is 8.38. The molecular weight excluding hydrogens is 282 g/mol. The smallest absolute Gasteiger partial charge is 0.263 e. The number of amides is 1. The van der Waals surface area contributed by atoms with E-state index in [0.29, 0.717) is 0 Å². The van der Waals surface area contributed by atoms with Gasteiger partial charge in [-0.15, -0.1) is 11.3 Å². The van der Waals surface area contributed by atoms with E-state index in [0.717, 1.165) is 47.3 Å². The molecule has 4 heteroatoms. The van der Waals surface area contributed by atoms with Crippen molar-refractivity contribution in [3.8, 4) is 0 Å². The van der Waals surface area contributed by atoms with Gasteiger partial charge in [0.1, 0.15) is 0 Å². The van der Waals surface area contributed by atoms with Crippen molar-refractivity contribution in [1.82, 2.24) is 4.90 Å². The van der Waals surface area contributed by atoms with Gasteiger partial charge in [0, 0.05) is 24.4 Å². The fraction of sp³-hybridized carbons (Fsp3) is 0.471. The summed E-state index contributed by atoms with van der Waals surface area (Å²) in [4.78, 5) is 15.4. The van der Waals surface area contributed by atoms with Gasteiger partial charge in [-0.1, -0.05) is 25.1 Å². The van der Waals surface area contributed by atoms with E-state index in [2.05, 4.69) is 13.0 Å². The Kier molecular flexibility index (Phi) is 4.00. The van der Waals surface area contributed by atoms with Crippen LogP contribution in [0.1, 0.15) is 35.9 Å². The minimum atomic E-state index is 0.0247. The highest BCUT2D eigenvalue weighted by Gasteiger charge is 2.34. The Morgan fingerprint density at radius 3 is 2.67 bits per heavy atom. The average Bonchev–Trinajstić information content (AvgIpc) is 2.98. The van der Waals surface area contributed by atoms with E-state index < -0.39 is 0 Å². The summed E-state index contributed by atoms with van der Waals surface area (Å²) in [6.07, 6.45) is 2.78. The lowest BCUT2D eigenvalue weighted by Gasteiger charge is -2.40. The molecule has 1 saturated heterocycles. The molecule has 3 nitrogen and oxygen atoms in total. The van der Waals surface area contributed by atoms with Gasteiger partial charge in [0.2, 0.25) is 0 Å². The zero-order chi connectivity index (χ0) is 14.9. The summed E-state index contributed by atoms with van der Waals surface area (Å²) < 4.78 is 1.16. The lowest BCUT2D eigenvalue weighted by molar-refractivity contribution is 0.0341. The number of carbonyl (C=O) groups excluding carboxylic acids is 1. The molecule has 0 aliphatic carbocycles. The fourth-order valence-corrected chi connectivity index (χ4v) is 4.08. The predicted molar refractivity (Wildman–Crippen MR) is 86.8 cm³/mol. The highest BCUT2D eigenvalue weighted by atomic mass is 32.1. The minimum absolute atomic E-state index is 0.0247. The lowest BCUT2D eigenvalue weighted by Crippen LogP contribution is -2.44.